The quantitative estimate of drug-likeness (QED) is 0.619. The first-order valence-corrected chi connectivity index (χ1v) is 5.98. The number of benzene rings is 1. The lowest BCUT2D eigenvalue weighted by atomic mass is 10.1. The molecule has 0 saturated carbocycles. The number of carbonyl (C=O) groups is 1. The van der Waals surface area contributed by atoms with Gasteiger partial charge in [-0.1, -0.05) is 0 Å². The number of carbonyl (C=O) groups excluding carboxylic acids is 1. The van der Waals surface area contributed by atoms with Gasteiger partial charge in [0.05, 0.1) is 6.61 Å². The Hall–Kier alpha value is -0.840. The summed E-state index contributed by atoms with van der Waals surface area (Å²) in [5.74, 6) is 0.494. The highest BCUT2D eigenvalue weighted by Gasteiger charge is 2.15. The van der Waals surface area contributed by atoms with Crippen LogP contribution in [-0.2, 0) is 4.74 Å². The zero-order chi connectivity index (χ0) is 10.7. The zero-order valence-corrected chi connectivity index (χ0v) is 10.4. The van der Waals surface area contributed by atoms with Gasteiger partial charge in [-0.05, 0) is 65.8 Å². The first-order valence-electron chi connectivity index (χ1n) is 4.90. The molecule has 0 fully saturated rings. The summed E-state index contributed by atoms with van der Waals surface area (Å²) in [6.07, 6.45) is 3.82. The SMILES string of the molecule is O=C(C1=CCCCO1)c1ccc(I)cc1. The van der Waals surface area contributed by atoms with E-state index in [1.54, 1.807) is 0 Å². The summed E-state index contributed by atoms with van der Waals surface area (Å²) >= 11 is 2.22. The van der Waals surface area contributed by atoms with E-state index in [9.17, 15) is 4.79 Å². The van der Waals surface area contributed by atoms with Crippen molar-refractivity contribution in [2.45, 2.75) is 12.8 Å². The number of Topliss-reactive ketones (excluding diaryl/α,β-unsaturated/α-hetero) is 1. The highest BCUT2D eigenvalue weighted by atomic mass is 127. The van der Waals surface area contributed by atoms with Gasteiger partial charge in [0.2, 0.25) is 5.78 Å². The summed E-state index contributed by atoms with van der Waals surface area (Å²) in [5, 5.41) is 0. The Morgan fingerprint density at radius 2 is 2.00 bits per heavy atom. The molecule has 0 atom stereocenters. The smallest absolute Gasteiger partial charge is 0.227 e. The third-order valence-corrected chi connectivity index (χ3v) is 2.99. The number of ketones is 1. The second-order valence-corrected chi connectivity index (χ2v) is 4.64. The van der Waals surface area contributed by atoms with Gasteiger partial charge in [-0.3, -0.25) is 4.79 Å². The molecule has 1 heterocycles. The van der Waals surface area contributed by atoms with Crippen molar-refractivity contribution in [1.29, 1.82) is 0 Å². The van der Waals surface area contributed by atoms with Crippen LogP contribution >= 0.6 is 22.6 Å². The fourth-order valence-corrected chi connectivity index (χ4v) is 1.82. The maximum absolute atomic E-state index is 11.9. The molecule has 0 N–H and O–H groups in total. The van der Waals surface area contributed by atoms with Gasteiger partial charge in [0.1, 0.15) is 0 Å². The normalized spacial score (nSPS) is 15.4. The van der Waals surface area contributed by atoms with E-state index >= 15 is 0 Å². The first kappa shape index (κ1) is 10.7. The lowest BCUT2D eigenvalue weighted by Gasteiger charge is -2.13. The van der Waals surface area contributed by atoms with Gasteiger partial charge < -0.3 is 4.74 Å². The molecule has 3 heteroatoms. The summed E-state index contributed by atoms with van der Waals surface area (Å²) < 4.78 is 6.46. The fraction of sp³-hybridized carbons (Fsp3) is 0.250. The summed E-state index contributed by atoms with van der Waals surface area (Å²) in [4.78, 5) is 11.9. The average molecular weight is 314 g/mol. The van der Waals surface area contributed by atoms with Crippen LogP contribution in [0.25, 0.3) is 0 Å². The van der Waals surface area contributed by atoms with Crippen molar-refractivity contribution < 1.29 is 9.53 Å². The predicted octanol–water partition coefficient (Wildman–Crippen LogP) is 3.17. The zero-order valence-electron chi connectivity index (χ0n) is 8.20. The van der Waals surface area contributed by atoms with Gasteiger partial charge in [-0.15, -0.1) is 0 Å². The maximum atomic E-state index is 11.9. The Balaban J connectivity index is 2.20. The lowest BCUT2D eigenvalue weighted by Crippen LogP contribution is -2.11. The number of halogens is 1. The topological polar surface area (TPSA) is 26.3 Å². The van der Waals surface area contributed by atoms with E-state index < -0.39 is 0 Å². The number of allylic oxidation sites excluding steroid dienone is 2. The van der Waals surface area contributed by atoms with Crippen LogP contribution in [0.1, 0.15) is 23.2 Å². The first-order chi connectivity index (χ1) is 7.27. The van der Waals surface area contributed by atoms with Crippen molar-refractivity contribution in [1.82, 2.24) is 0 Å². The van der Waals surface area contributed by atoms with E-state index in [0.717, 1.165) is 16.4 Å². The van der Waals surface area contributed by atoms with Gasteiger partial charge in [0.25, 0.3) is 0 Å². The molecule has 0 bridgehead atoms. The molecule has 0 saturated heterocycles. The molecule has 0 aromatic heterocycles. The van der Waals surface area contributed by atoms with Crippen LogP contribution in [0.4, 0.5) is 0 Å². The summed E-state index contributed by atoms with van der Waals surface area (Å²) in [5.41, 5.74) is 0.698. The Morgan fingerprint density at radius 1 is 1.27 bits per heavy atom. The van der Waals surface area contributed by atoms with E-state index in [2.05, 4.69) is 22.6 Å². The van der Waals surface area contributed by atoms with Crippen LogP contribution < -0.4 is 0 Å². The molecule has 0 unspecified atom stereocenters. The van der Waals surface area contributed by atoms with Crippen molar-refractivity contribution in [3.05, 3.63) is 45.2 Å². The molecule has 0 amide bonds. The summed E-state index contributed by atoms with van der Waals surface area (Å²) in [6, 6.07) is 7.53. The van der Waals surface area contributed by atoms with Crippen molar-refractivity contribution in [2.24, 2.45) is 0 Å². The molecule has 78 valence electrons. The largest absolute Gasteiger partial charge is 0.490 e. The average Bonchev–Trinajstić information content (AvgIpc) is 2.30. The molecule has 0 radical (unpaired) electrons. The molecule has 1 aliphatic rings. The monoisotopic (exact) mass is 314 g/mol. The van der Waals surface area contributed by atoms with E-state index in [-0.39, 0.29) is 5.78 Å². The second kappa shape index (κ2) is 4.79. The Kier molecular flexibility index (Phi) is 3.41. The van der Waals surface area contributed by atoms with Crippen LogP contribution in [0.3, 0.4) is 0 Å². The molecule has 0 aliphatic carbocycles. The summed E-state index contributed by atoms with van der Waals surface area (Å²) in [6.45, 7) is 0.655. The minimum Gasteiger partial charge on any atom is -0.490 e. The van der Waals surface area contributed by atoms with E-state index in [1.807, 2.05) is 30.3 Å². The van der Waals surface area contributed by atoms with Crippen molar-refractivity contribution in [2.75, 3.05) is 6.61 Å². The predicted molar refractivity (Wildman–Crippen MR) is 66.8 cm³/mol. The van der Waals surface area contributed by atoms with Gasteiger partial charge >= 0.3 is 0 Å². The van der Waals surface area contributed by atoms with E-state index in [0.29, 0.717) is 17.9 Å². The molecule has 1 aromatic rings. The van der Waals surface area contributed by atoms with E-state index in [1.165, 1.54) is 0 Å². The minimum atomic E-state index is -0.00824. The molecule has 1 aromatic carbocycles. The van der Waals surface area contributed by atoms with Gasteiger partial charge in [0, 0.05) is 9.13 Å². The maximum Gasteiger partial charge on any atom is 0.227 e. The third kappa shape index (κ3) is 2.59. The number of hydrogen-bond acceptors (Lipinski definition) is 2. The lowest BCUT2D eigenvalue weighted by molar-refractivity contribution is 0.0899. The highest BCUT2D eigenvalue weighted by molar-refractivity contribution is 14.1. The molecular formula is C12H11IO2. The molecule has 1 aliphatic heterocycles. The molecule has 0 spiro atoms. The Labute approximate surface area is 102 Å². The summed E-state index contributed by atoms with van der Waals surface area (Å²) in [7, 11) is 0. The third-order valence-electron chi connectivity index (χ3n) is 2.27. The van der Waals surface area contributed by atoms with Crippen molar-refractivity contribution in [3.63, 3.8) is 0 Å². The molecule has 2 rings (SSSR count). The van der Waals surface area contributed by atoms with Gasteiger partial charge in [-0.25, -0.2) is 0 Å². The van der Waals surface area contributed by atoms with Crippen LogP contribution in [0.2, 0.25) is 0 Å². The number of rotatable bonds is 2. The number of hydrogen-bond donors (Lipinski definition) is 0. The Morgan fingerprint density at radius 3 is 2.60 bits per heavy atom. The molecule has 2 nitrogen and oxygen atoms in total. The van der Waals surface area contributed by atoms with Crippen molar-refractivity contribution in [3.8, 4) is 0 Å². The highest BCUT2D eigenvalue weighted by Crippen LogP contribution is 2.16. The Bertz CT molecular complexity index is 393. The van der Waals surface area contributed by atoms with Crippen LogP contribution in [0, 0.1) is 3.57 Å². The molecular weight excluding hydrogens is 303 g/mol. The molecule has 15 heavy (non-hydrogen) atoms. The van der Waals surface area contributed by atoms with Crippen LogP contribution in [-0.4, -0.2) is 12.4 Å². The second-order valence-electron chi connectivity index (χ2n) is 3.40. The van der Waals surface area contributed by atoms with Gasteiger partial charge in [0.15, 0.2) is 5.76 Å². The van der Waals surface area contributed by atoms with Crippen molar-refractivity contribution >= 4 is 28.4 Å². The van der Waals surface area contributed by atoms with E-state index in [4.69, 9.17) is 4.74 Å². The van der Waals surface area contributed by atoms with Gasteiger partial charge in [-0.2, -0.15) is 0 Å². The van der Waals surface area contributed by atoms with Crippen LogP contribution in [0.15, 0.2) is 36.1 Å². The standard InChI is InChI=1S/C12H11IO2/c13-10-6-4-9(5-7-10)12(14)11-3-1-2-8-15-11/h3-7H,1-2,8H2. The number of ether oxygens (including phenoxy) is 1. The minimum absolute atomic E-state index is 0.00824. The van der Waals surface area contributed by atoms with Crippen LogP contribution in [0.5, 0.6) is 0 Å². The fourth-order valence-electron chi connectivity index (χ4n) is 1.46.